The number of ether oxygens (including phenoxy) is 1. The van der Waals surface area contributed by atoms with Crippen molar-refractivity contribution in [3.05, 3.63) is 18.0 Å². The fourth-order valence-electron chi connectivity index (χ4n) is 4.88. The normalized spacial score (nSPS) is 21.4. The number of hydrogen-bond donors (Lipinski definition) is 0. The Morgan fingerprint density at radius 2 is 2.03 bits per heavy atom. The first-order valence-corrected chi connectivity index (χ1v) is 10.7. The third kappa shape index (κ3) is 3.39. The van der Waals surface area contributed by atoms with E-state index in [9.17, 15) is 0 Å². The summed E-state index contributed by atoms with van der Waals surface area (Å²) in [5.74, 6) is 3.45. The molecule has 3 aromatic rings. The lowest BCUT2D eigenvalue weighted by molar-refractivity contribution is 0.142. The summed E-state index contributed by atoms with van der Waals surface area (Å²) in [5, 5.41) is 14.1. The van der Waals surface area contributed by atoms with Crippen molar-refractivity contribution in [2.75, 3.05) is 31.2 Å². The van der Waals surface area contributed by atoms with Crippen LogP contribution in [0.15, 0.2) is 16.8 Å². The number of aromatic nitrogens is 5. The first kappa shape index (κ1) is 18.5. The number of aryl methyl sites for hydroxylation is 1. The number of hydrogen-bond acceptors (Lipinski definition) is 7. The molecule has 4 heterocycles. The van der Waals surface area contributed by atoms with Crippen molar-refractivity contribution in [2.45, 2.75) is 46.1 Å². The Morgan fingerprint density at radius 1 is 1.21 bits per heavy atom. The van der Waals surface area contributed by atoms with E-state index in [1.165, 1.54) is 19.3 Å². The van der Waals surface area contributed by atoms with E-state index in [1.807, 2.05) is 13.8 Å². The standard InChI is InChI=1S/C21H28N6O2/c1-3-28-9-5-8-27-19(17-10-18-14(2)25-29-20(18)22-11-17)23-24-21(27)26-12-15-6-4-7-16(15)13-26/h10-11,15-16H,3-9,12-13H2,1-2H3/t15-,16-/m0/s1. The molecule has 5 rings (SSSR count). The predicted octanol–water partition coefficient (Wildman–Crippen LogP) is 3.45. The zero-order valence-corrected chi connectivity index (χ0v) is 17.2. The van der Waals surface area contributed by atoms with Gasteiger partial charge in [0.2, 0.25) is 5.95 Å². The van der Waals surface area contributed by atoms with Gasteiger partial charge in [-0.3, -0.25) is 4.57 Å². The van der Waals surface area contributed by atoms with Crippen LogP contribution in [0.25, 0.3) is 22.5 Å². The quantitative estimate of drug-likeness (QED) is 0.566. The molecule has 0 spiro atoms. The Labute approximate surface area is 170 Å². The number of rotatable bonds is 7. The average molecular weight is 396 g/mol. The summed E-state index contributed by atoms with van der Waals surface area (Å²) >= 11 is 0. The molecule has 1 aliphatic carbocycles. The van der Waals surface area contributed by atoms with E-state index >= 15 is 0 Å². The molecular formula is C21H28N6O2. The average Bonchev–Trinajstić information content (AvgIpc) is 3.48. The van der Waals surface area contributed by atoms with E-state index in [0.29, 0.717) is 5.71 Å². The fourth-order valence-corrected chi connectivity index (χ4v) is 4.88. The van der Waals surface area contributed by atoms with Crippen LogP contribution in [0, 0.1) is 18.8 Å². The molecule has 2 aliphatic rings. The Bertz CT molecular complexity index is 984. The molecule has 2 fully saturated rings. The van der Waals surface area contributed by atoms with Crippen molar-refractivity contribution in [3.8, 4) is 11.4 Å². The van der Waals surface area contributed by atoms with Crippen LogP contribution in [0.2, 0.25) is 0 Å². The van der Waals surface area contributed by atoms with Crippen LogP contribution >= 0.6 is 0 Å². The molecule has 0 unspecified atom stereocenters. The maximum absolute atomic E-state index is 5.57. The van der Waals surface area contributed by atoms with Gasteiger partial charge in [0, 0.05) is 44.6 Å². The Kier molecular flexibility index (Phi) is 4.95. The van der Waals surface area contributed by atoms with Gasteiger partial charge in [-0.15, -0.1) is 10.2 Å². The lowest BCUT2D eigenvalue weighted by Crippen LogP contribution is -2.25. The number of pyridine rings is 1. The van der Waals surface area contributed by atoms with Gasteiger partial charge < -0.3 is 14.2 Å². The zero-order valence-electron chi connectivity index (χ0n) is 17.2. The highest BCUT2D eigenvalue weighted by molar-refractivity contribution is 5.80. The summed E-state index contributed by atoms with van der Waals surface area (Å²) in [5.41, 5.74) is 2.34. The summed E-state index contributed by atoms with van der Waals surface area (Å²) in [6, 6.07) is 2.06. The van der Waals surface area contributed by atoms with Gasteiger partial charge in [0.25, 0.3) is 5.71 Å². The molecule has 0 N–H and O–H groups in total. The van der Waals surface area contributed by atoms with Crippen molar-refractivity contribution in [3.63, 3.8) is 0 Å². The van der Waals surface area contributed by atoms with Crippen LogP contribution in [0.4, 0.5) is 5.95 Å². The van der Waals surface area contributed by atoms with Crippen LogP contribution in [0.3, 0.4) is 0 Å². The predicted molar refractivity (Wildman–Crippen MR) is 110 cm³/mol. The number of nitrogens with zero attached hydrogens (tertiary/aromatic N) is 6. The zero-order chi connectivity index (χ0) is 19.8. The SMILES string of the molecule is CCOCCCn1c(-c2cnc3onc(C)c3c2)nnc1N1C[C@@H]2CCC[C@H]2C1. The Balaban J connectivity index is 1.48. The van der Waals surface area contributed by atoms with Gasteiger partial charge in [-0.2, -0.15) is 0 Å². The molecule has 1 saturated heterocycles. The number of fused-ring (bicyclic) bond motifs is 2. The van der Waals surface area contributed by atoms with Gasteiger partial charge in [0.15, 0.2) is 5.82 Å². The van der Waals surface area contributed by atoms with Crippen LogP contribution < -0.4 is 4.90 Å². The molecule has 2 atom stereocenters. The summed E-state index contributed by atoms with van der Waals surface area (Å²) in [7, 11) is 0. The van der Waals surface area contributed by atoms with Crippen molar-refractivity contribution in [1.82, 2.24) is 24.9 Å². The molecule has 154 valence electrons. The molecule has 8 heteroatoms. The molecular weight excluding hydrogens is 368 g/mol. The monoisotopic (exact) mass is 396 g/mol. The van der Waals surface area contributed by atoms with Crippen molar-refractivity contribution < 1.29 is 9.26 Å². The van der Waals surface area contributed by atoms with Crippen LogP contribution in [0.1, 0.15) is 38.3 Å². The summed E-state index contributed by atoms with van der Waals surface area (Å²) < 4.78 is 13.1. The maximum atomic E-state index is 5.57. The molecule has 0 bridgehead atoms. The van der Waals surface area contributed by atoms with E-state index in [-0.39, 0.29) is 0 Å². The van der Waals surface area contributed by atoms with Crippen molar-refractivity contribution >= 4 is 17.0 Å². The second-order valence-corrected chi connectivity index (χ2v) is 8.23. The molecule has 1 aliphatic heterocycles. The molecule has 29 heavy (non-hydrogen) atoms. The van der Waals surface area contributed by atoms with E-state index in [1.54, 1.807) is 6.20 Å². The molecule has 0 aromatic carbocycles. The fraction of sp³-hybridized carbons (Fsp3) is 0.619. The van der Waals surface area contributed by atoms with Gasteiger partial charge in [-0.1, -0.05) is 11.6 Å². The minimum Gasteiger partial charge on any atom is -0.382 e. The first-order chi connectivity index (χ1) is 14.2. The Morgan fingerprint density at radius 3 is 2.83 bits per heavy atom. The highest BCUT2D eigenvalue weighted by Gasteiger charge is 2.38. The smallest absolute Gasteiger partial charge is 0.257 e. The molecule has 3 aromatic heterocycles. The topological polar surface area (TPSA) is 82.1 Å². The van der Waals surface area contributed by atoms with Crippen LogP contribution in [-0.4, -0.2) is 51.2 Å². The van der Waals surface area contributed by atoms with Crippen molar-refractivity contribution in [2.24, 2.45) is 11.8 Å². The first-order valence-electron chi connectivity index (χ1n) is 10.7. The second-order valence-electron chi connectivity index (χ2n) is 8.23. The largest absolute Gasteiger partial charge is 0.382 e. The van der Waals surface area contributed by atoms with Gasteiger partial charge in [-0.05, 0) is 51.0 Å². The van der Waals surface area contributed by atoms with Crippen molar-refractivity contribution in [1.29, 1.82) is 0 Å². The second kappa shape index (κ2) is 7.74. The Hall–Kier alpha value is -2.48. The van der Waals surface area contributed by atoms with E-state index in [4.69, 9.17) is 9.26 Å². The summed E-state index contributed by atoms with van der Waals surface area (Å²) in [6.45, 7) is 8.45. The third-order valence-corrected chi connectivity index (χ3v) is 6.38. The van der Waals surface area contributed by atoms with Gasteiger partial charge >= 0.3 is 0 Å². The lowest BCUT2D eigenvalue weighted by atomic mass is 10.0. The molecule has 0 radical (unpaired) electrons. The van der Waals surface area contributed by atoms with Gasteiger partial charge in [0.05, 0.1) is 11.1 Å². The summed E-state index contributed by atoms with van der Waals surface area (Å²) in [4.78, 5) is 6.87. The molecule has 0 amide bonds. The van der Waals surface area contributed by atoms with E-state index in [2.05, 4.69) is 35.9 Å². The molecule has 8 nitrogen and oxygen atoms in total. The maximum Gasteiger partial charge on any atom is 0.257 e. The minimum atomic E-state index is 0.557. The highest BCUT2D eigenvalue weighted by Crippen LogP contribution is 2.39. The molecule has 1 saturated carbocycles. The minimum absolute atomic E-state index is 0.557. The third-order valence-electron chi connectivity index (χ3n) is 6.38. The van der Waals surface area contributed by atoms with Gasteiger partial charge in [-0.25, -0.2) is 4.98 Å². The lowest BCUT2D eigenvalue weighted by Gasteiger charge is -2.20. The summed E-state index contributed by atoms with van der Waals surface area (Å²) in [6.07, 6.45) is 6.80. The van der Waals surface area contributed by atoms with Gasteiger partial charge in [0.1, 0.15) is 0 Å². The van der Waals surface area contributed by atoms with Crippen LogP contribution in [-0.2, 0) is 11.3 Å². The highest BCUT2D eigenvalue weighted by atomic mass is 16.5. The van der Waals surface area contributed by atoms with Crippen LogP contribution in [0.5, 0.6) is 0 Å². The van der Waals surface area contributed by atoms with E-state index in [0.717, 1.165) is 79.5 Å². The van der Waals surface area contributed by atoms with E-state index < -0.39 is 0 Å². The number of anilines is 1.